The molecule has 1 saturated heterocycles. The maximum absolute atomic E-state index is 11.8. The van der Waals surface area contributed by atoms with Gasteiger partial charge in [0.2, 0.25) is 5.91 Å². The van der Waals surface area contributed by atoms with E-state index in [0.717, 1.165) is 11.8 Å². The van der Waals surface area contributed by atoms with Crippen LogP contribution in [0.1, 0.15) is 6.42 Å². The summed E-state index contributed by atoms with van der Waals surface area (Å²) >= 11 is 12.6. The van der Waals surface area contributed by atoms with E-state index in [-0.39, 0.29) is 33.3 Å². The average molecular weight is 349 g/mol. The molecule has 0 saturated carbocycles. The fourth-order valence-corrected chi connectivity index (χ4v) is 3.09. The minimum absolute atomic E-state index is 0.0198. The first-order valence-corrected chi connectivity index (χ1v) is 7.36. The summed E-state index contributed by atoms with van der Waals surface area (Å²) in [5.74, 6) is -1.67. The van der Waals surface area contributed by atoms with Crippen LogP contribution in [-0.4, -0.2) is 44.5 Å². The van der Waals surface area contributed by atoms with Gasteiger partial charge in [0.05, 0.1) is 22.2 Å². The molecular formula is C12H10Cl2N2O4S. The molecule has 1 atom stereocenters. The van der Waals surface area contributed by atoms with Crippen LogP contribution in [-0.2, 0) is 9.59 Å². The van der Waals surface area contributed by atoms with Crippen LogP contribution in [0.2, 0.25) is 10.0 Å². The lowest BCUT2D eigenvalue weighted by atomic mass is 10.2. The lowest BCUT2D eigenvalue weighted by Crippen LogP contribution is -2.41. The first-order valence-electron chi connectivity index (χ1n) is 5.72. The van der Waals surface area contributed by atoms with Crippen LogP contribution in [0, 0.1) is 0 Å². The number of aliphatic carboxylic acids is 1. The molecule has 2 rings (SSSR count). The van der Waals surface area contributed by atoms with E-state index in [0.29, 0.717) is 5.69 Å². The Morgan fingerprint density at radius 3 is 2.52 bits per heavy atom. The number of aromatic hydroxyl groups is 1. The van der Waals surface area contributed by atoms with Crippen molar-refractivity contribution in [1.29, 1.82) is 0 Å². The van der Waals surface area contributed by atoms with E-state index < -0.39 is 11.2 Å². The molecule has 112 valence electrons. The molecule has 0 aliphatic carbocycles. The van der Waals surface area contributed by atoms with Gasteiger partial charge in [-0.3, -0.25) is 14.5 Å². The van der Waals surface area contributed by atoms with E-state index in [2.05, 4.69) is 4.99 Å². The van der Waals surface area contributed by atoms with Crippen LogP contribution in [0.4, 0.5) is 5.69 Å². The molecule has 0 unspecified atom stereocenters. The SMILES string of the molecule is CN1C(=O)C[C@H](C(=O)O)SC1=Nc1cc(Cl)c(O)c(Cl)c1. The Kier molecular flexibility index (Phi) is 4.65. The highest BCUT2D eigenvalue weighted by atomic mass is 35.5. The molecule has 1 aliphatic rings. The molecule has 6 nitrogen and oxygen atoms in total. The fraction of sp³-hybridized carbons (Fsp3) is 0.250. The molecular weight excluding hydrogens is 339 g/mol. The standard InChI is InChI=1S/C12H10Cl2N2O4S/c1-16-9(17)4-8(11(19)20)21-12(16)15-5-2-6(13)10(18)7(14)3-5/h2-3,8,18H,4H2,1H3,(H,19,20)/t8-/m1/s1. The van der Waals surface area contributed by atoms with Gasteiger partial charge in [-0.1, -0.05) is 35.0 Å². The van der Waals surface area contributed by atoms with Crippen LogP contribution in [0.5, 0.6) is 5.75 Å². The number of phenolic OH excluding ortho intramolecular Hbond substituents is 1. The van der Waals surface area contributed by atoms with Crippen molar-refractivity contribution in [3.8, 4) is 5.75 Å². The van der Waals surface area contributed by atoms with E-state index in [1.54, 1.807) is 0 Å². The summed E-state index contributed by atoms with van der Waals surface area (Å²) in [6.07, 6.45) is -0.0907. The largest absolute Gasteiger partial charge is 0.505 e. The number of carbonyl (C=O) groups excluding carboxylic acids is 1. The highest BCUT2D eigenvalue weighted by Crippen LogP contribution is 2.37. The molecule has 0 aromatic heterocycles. The van der Waals surface area contributed by atoms with Crippen molar-refractivity contribution in [2.45, 2.75) is 11.7 Å². The van der Waals surface area contributed by atoms with E-state index in [1.807, 2.05) is 0 Å². The van der Waals surface area contributed by atoms with Crippen molar-refractivity contribution in [3.05, 3.63) is 22.2 Å². The van der Waals surface area contributed by atoms with Crippen molar-refractivity contribution in [3.63, 3.8) is 0 Å². The summed E-state index contributed by atoms with van der Waals surface area (Å²) in [4.78, 5) is 28.3. The number of thioether (sulfide) groups is 1. The second-order valence-electron chi connectivity index (χ2n) is 4.25. The molecule has 0 radical (unpaired) electrons. The smallest absolute Gasteiger partial charge is 0.317 e. The Hall–Kier alpha value is -1.44. The molecule has 1 amide bonds. The fourth-order valence-electron chi connectivity index (χ4n) is 1.62. The summed E-state index contributed by atoms with van der Waals surface area (Å²) in [6, 6.07) is 2.75. The third-order valence-corrected chi connectivity index (χ3v) is 4.58. The van der Waals surface area contributed by atoms with Gasteiger partial charge in [0.25, 0.3) is 0 Å². The van der Waals surface area contributed by atoms with Gasteiger partial charge in [-0.15, -0.1) is 0 Å². The monoisotopic (exact) mass is 348 g/mol. The number of amides is 1. The predicted molar refractivity (Wildman–Crippen MR) is 81.6 cm³/mol. The van der Waals surface area contributed by atoms with Crippen molar-refractivity contribution < 1.29 is 19.8 Å². The summed E-state index contributed by atoms with van der Waals surface area (Å²) in [6.45, 7) is 0. The highest BCUT2D eigenvalue weighted by Gasteiger charge is 2.33. The maximum atomic E-state index is 11.8. The number of hydrogen-bond donors (Lipinski definition) is 2. The van der Waals surface area contributed by atoms with Gasteiger partial charge >= 0.3 is 5.97 Å². The van der Waals surface area contributed by atoms with Crippen molar-refractivity contribution >= 4 is 57.7 Å². The third-order valence-electron chi connectivity index (χ3n) is 2.77. The van der Waals surface area contributed by atoms with E-state index in [1.165, 1.54) is 24.1 Å². The number of phenols is 1. The second-order valence-corrected chi connectivity index (χ2v) is 6.24. The third kappa shape index (κ3) is 3.42. The van der Waals surface area contributed by atoms with Gasteiger partial charge in [0, 0.05) is 7.05 Å². The van der Waals surface area contributed by atoms with Gasteiger partial charge in [-0.05, 0) is 12.1 Å². The zero-order chi connectivity index (χ0) is 15.7. The molecule has 0 bridgehead atoms. The molecule has 21 heavy (non-hydrogen) atoms. The summed E-state index contributed by atoms with van der Waals surface area (Å²) in [5.41, 5.74) is 0.316. The van der Waals surface area contributed by atoms with Gasteiger partial charge in [-0.2, -0.15) is 0 Å². The van der Waals surface area contributed by atoms with Crippen molar-refractivity contribution in [2.75, 3.05) is 7.05 Å². The number of rotatable bonds is 2. The van der Waals surface area contributed by atoms with E-state index >= 15 is 0 Å². The minimum atomic E-state index is -1.07. The summed E-state index contributed by atoms with van der Waals surface area (Å²) in [7, 11) is 1.51. The van der Waals surface area contributed by atoms with E-state index in [4.69, 9.17) is 28.3 Å². The molecule has 1 heterocycles. The molecule has 1 aromatic rings. The lowest BCUT2D eigenvalue weighted by Gasteiger charge is -2.27. The molecule has 1 aromatic carbocycles. The van der Waals surface area contributed by atoms with Crippen LogP contribution in [0.3, 0.4) is 0 Å². The summed E-state index contributed by atoms with van der Waals surface area (Å²) in [5, 5.41) is 17.9. The Labute approximate surface area is 134 Å². The van der Waals surface area contributed by atoms with Crippen LogP contribution < -0.4 is 0 Å². The van der Waals surface area contributed by atoms with Crippen LogP contribution in [0.15, 0.2) is 17.1 Å². The number of benzene rings is 1. The quantitative estimate of drug-likeness (QED) is 0.857. The number of halogens is 2. The number of aliphatic imine (C=N–C) groups is 1. The minimum Gasteiger partial charge on any atom is -0.505 e. The Balaban J connectivity index is 2.38. The number of carboxylic acid groups (broad SMARTS) is 1. The normalized spacial score (nSPS) is 20.9. The maximum Gasteiger partial charge on any atom is 0.317 e. The van der Waals surface area contributed by atoms with E-state index in [9.17, 15) is 14.7 Å². The van der Waals surface area contributed by atoms with Crippen molar-refractivity contribution in [1.82, 2.24) is 4.90 Å². The molecule has 0 spiro atoms. The highest BCUT2D eigenvalue weighted by molar-refractivity contribution is 8.15. The van der Waals surface area contributed by atoms with Crippen LogP contribution in [0.25, 0.3) is 0 Å². The second kappa shape index (κ2) is 6.13. The van der Waals surface area contributed by atoms with Gasteiger partial charge in [0.15, 0.2) is 10.9 Å². The van der Waals surface area contributed by atoms with Crippen molar-refractivity contribution in [2.24, 2.45) is 4.99 Å². The topological polar surface area (TPSA) is 90.2 Å². The first-order chi connectivity index (χ1) is 9.79. The first kappa shape index (κ1) is 15.9. The number of carbonyl (C=O) groups is 2. The average Bonchev–Trinajstić information content (AvgIpc) is 2.40. The summed E-state index contributed by atoms with van der Waals surface area (Å²) < 4.78 is 0. The molecule has 1 aliphatic heterocycles. The Bertz CT molecular complexity index is 627. The molecule has 2 N–H and O–H groups in total. The van der Waals surface area contributed by atoms with Crippen LogP contribution >= 0.6 is 35.0 Å². The number of carboxylic acids is 1. The Morgan fingerprint density at radius 1 is 1.43 bits per heavy atom. The zero-order valence-corrected chi connectivity index (χ0v) is 13.0. The molecule has 9 heteroatoms. The van der Waals surface area contributed by atoms with Gasteiger partial charge in [-0.25, -0.2) is 4.99 Å². The predicted octanol–water partition coefficient (Wildman–Crippen LogP) is 2.74. The van der Waals surface area contributed by atoms with Gasteiger partial charge in [0.1, 0.15) is 5.25 Å². The Morgan fingerprint density at radius 2 is 2.00 bits per heavy atom. The number of hydrogen-bond acceptors (Lipinski definition) is 5. The number of amidine groups is 1. The zero-order valence-electron chi connectivity index (χ0n) is 10.7. The number of nitrogens with zero attached hydrogens (tertiary/aromatic N) is 2. The molecule has 1 fully saturated rings. The van der Waals surface area contributed by atoms with Gasteiger partial charge < -0.3 is 10.2 Å². The lowest BCUT2D eigenvalue weighted by molar-refractivity contribution is -0.139.